The molecule has 1 aliphatic carbocycles. The van der Waals surface area contributed by atoms with Crippen LogP contribution in [0, 0.1) is 13.8 Å². The zero-order valence-corrected chi connectivity index (χ0v) is 11.6. The predicted molar refractivity (Wildman–Crippen MR) is 77.4 cm³/mol. The molecule has 2 aromatic rings. The van der Waals surface area contributed by atoms with Gasteiger partial charge < -0.3 is 10.3 Å². The van der Waals surface area contributed by atoms with Gasteiger partial charge in [0.05, 0.1) is 0 Å². The molecular weight excluding hydrogens is 220 g/mol. The lowest BCUT2D eigenvalue weighted by atomic mass is 9.86. The van der Waals surface area contributed by atoms with Crippen molar-refractivity contribution in [2.45, 2.75) is 39.0 Å². The van der Waals surface area contributed by atoms with Gasteiger partial charge in [-0.25, -0.2) is 0 Å². The molecule has 0 bridgehead atoms. The lowest BCUT2D eigenvalue weighted by Crippen LogP contribution is -2.21. The Labute approximate surface area is 109 Å². The number of likely N-dealkylation sites (N-methyl/N-ethyl adjacent to an activating group) is 1. The number of benzene rings is 1. The van der Waals surface area contributed by atoms with Crippen LogP contribution in [0.4, 0.5) is 0 Å². The van der Waals surface area contributed by atoms with Crippen molar-refractivity contribution in [1.29, 1.82) is 0 Å². The van der Waals surface area contributed by atoms with Gasteiger partial charge in [-0.1, -0.05) is 6.07 Å². The maximum atomic E-state index is 3.69. The van der Waals surface area contributed by atoms with Gasteiger partial charge >= 0.3 is 0 Å². The van der Waals surface area contributed by atoms with E-state index in [1.54, 1.807) is 5.56 Å². The normalized spacial score (nSPS) is 19.2. The summed E-state index contributed by atoms with van der Waals surface area (Å²) in [5.41, 5.74) is 7.17. The van der Waals surface area contributed by atoms with Crippen molar-refractivity contribution in [2.24, 2.45) is 0 Å². The Bertz CT molecular complexity index is 580. The average molecular weight is 242 g/mol. The topological polar surface area (TPSA) is 27.8 Å². The van der Waals surface area contributed by atoms with Crippen LogP contribution in [0.2, 0.25) is 0 Å². The van der Waals surface area contributed by atoms with Crippen molar-refractivity contribution in [3.05, 3.63) is 34.5 Å². The third-order valence-corrected chi connectivity index (χ3v) is 4.21. The van der Waals surface area contributed by atoms with E-state index in [1.165, 1.54) is 47.0 Å². The Balaban J connectivity index is 2.20. The first-order valence-electron chi connectivity index (χ1n) is 6.97. The Hall–Kier alpha value is -1.28. The van der Waals surface area contributed by atoms with E-state index in [0.29, 0.717) is 5.92 Å². The molecule has 2 nitrogen and oxygen atoms in total. The number of aromatic amines is 1. The van der Waals surface area contributed by atoms with E-state index < -0.39 is 0 Å². The smallest absolute Gasteiger partial charge is 0.0464 e. The molecule has 18 heavy (non-hydrogen) atoms. The highest BCUT2D eigenvalue weighted by Crippen LogP contribution is 2.37. The number of hydrogen-bond donors (Lipinski definition) is 2. The third-order valence-electron chi connectivity index (χ3n) is 4.21. The lowest BCUT2D eigenvalue weighted by Gasteiger charge is -2.22. The van der Waals surface area contributed by atoms with E-state index in [0.717, 1.165) is 6.54 Å². The molecule has 0 saturated carbocycles. The van der Waals surface area contributed by atoms with Crippen molar-refractivity contribution in [3.63, 3.8) is 0 Å². The molecule has 1 aliphatic rings. The lowest BCUT2D eigenvalue weighted by molar-refractivity contribution is 0.522. The van der Waals surface area contributed by atoms with Crippen molar-refractivity contribution in [3.8, 4) is 0 Å². The van der Waals surface area contributed by atoms with Gasteiger partial charge in [-0.05, 0) is 62.9 Å². The summed E-state index contributed by atoms with van der Waals surface area (Å²) in [6.45, 7) is 5.50. The molecule has 1 atom stereocenters. The summed E-state index contributed by atoms with van der Waals surface area (Å²) in [6, 6.07) is 4.59. The fourth-order valence-corrected chi connectivity index (χ4v) is 3.55. The maximum Gasteiger partial charge on any atom is 0.0464 e. The fraction of sp³-hybridized carbons (Fsp3) is 0.500. The number of hydrogen-bond acceptors (Lipinski definition) is 1. The molecule has 1 aromatic carbocycles. The van der Waals surface area contributed by atoms with Crippen LogP contribution in [0.25, 0.3) is 10.9 Å². The van der Waals surface area contributed by atoms with Gasteiger partial charge in [-0.3, -0.25) is 0 Å². The van der Waals surface area contributed by atoms with Crippen LogP contribution in [-0.2, 0) is 6.42 Å². The molecule has 1 aromatic heterocycles. The Morgan fingerprint density at radius 1 is 1.33 bits per heavy atom. The maximum absolute atomic E-state index is 3.69. The van der Waals surface area contributed by atoms with E-state index in [2.05, 4.69) is 36.3 Å². The second-order valence-electron chi connectivity index (χ2n) is 5.67. The Kier molecular flexibility index (Phi) is 2.90. The van der Waals surface area contributed by atoms with Gasteiger partial charge in [0, 0.05) is 29.1 Å². The van der Waals surface area contributed by atoms with Gasteiger partial charge in [-0.2, -0.15) is 0 Å². The summed E-state index contributed by atoms with van der Waals surface area (Å²) < 4.78 is 0. The number of rotatable bonds is 2. The van der Waals surface area contributed by atoms with Crippen molar-refractivity contribution in [2.75, 3.05) is 13.6 Å². The quantitative estimate of drug-likeness (QED) is 0.829. The number of H-pyrrole nitrogens is 1. The summed E-state index contributed by atoms with van der Waals surface area (Å²) in [5, 5.41) is 4.81. The van der Waals surface area contributed by atoms with Crippen LogP contribution < -0.4 is 5.32 Å². The molecule has 0 fully saturated rings. The molecule has 0 amide bonds. The molecule has 2 heteroatoms. The number of fused-ring (bicyclic) bond motifs is 3. The number of nitrogens with one attached hydrogen (secondary N) is 2. The van der Waals surface area contributed by atoms with Gasteiger partial charge in [0.1, 0.15) is 0 Å². The van der Waals surface area contributed by atoms with Crippen LogP contribution in [0.15, 0.2) is 12.1 Å². The fourth-order valence-electron chi connectivity index (χ4n) is 3.55. The van der Waals surface area contributed by atoms with Gasteiger partial charge in [0.2, 0.25) is 0 Å². The van der Waals surface area contributed by atoms with Crippen LogP contribution in [0.3, 0.4) is 0 Å². The predicted octanol–water partition coefficient (Wildman–Crippen LogP) is 3.42. The zero-order chi connectivity index (χ0) is 12.7. The van der Waals surface area contributed by atoms with E-state index in [9.17, 15) is 0 Å². The summed E-state index contributed by atoms with van der Waals surface area (Å²) in [5.74, 6) is 0.658. The number of aryl methyl sites for hydroxylation is 3. The first-order valence-corrected chi connectivity index (χ1v) is 6.97. The molecule has 0 spiro atoms. The first-order chi connectivity index (χ1) is 8.70. The van der Waals surface area contributed by atoms with Crippen molar-refractivity contribution in [1.82, 2.24) is 10.3 Å². The molecular formula is C16H22N2. The summed E-state index contributed by atoms with van der Waals surface area (Å²) in [7, 11) is 2.05. The van der Waals surface area contributed by atoms with Gasteiger partial charge in [-0.15, -0.1) is 0 Å². The summed E-state index contributed by atoms with van der Waals surface area (Å²) in [6.07, 6.45) is 3.86. The molecule has 96 valence electrons. The largest absolute Gasteiger partial charge is 0.358 e. The number of aromatic nitrogens is 1. The molecule has 0 aliphatic heterocycles. The van der Waals surface area contributed by atoms with Gasteiger partial charge in [0.15, 0.2) is 0 Å². The van der Waals surface area contributed by atoms with Gasteiger partial charge in [0.25, 0.3) is 0 Å². The molecule has 3 rings (SSSR count). The van der Waals surface area contributed by atoms with Crippen molar-refractivity contribution < 1.29 is 0 Å². The monoisotopic (exact) mass is 242 g/mol. The second-order valence-corrected chi connectivity index (χ2v) is 5.67. The molecule has 1 unspecified atom stereocenters. The Morgan fingerprint density at radius 2 is 2.17 bits per heavy atom. The SMILES string of the molecule is CNCC1CCCc2c1[nH]c1cc(C)cc(C)c21. The van der Waals surface area contributed by atoms with E-state index >= 15 is 0 Å². The average Bonchev–Trinajstić information content (AvgIpc) is 2.68. The minimum atomic E-state index is 0.658. The van der Waals surface area contributed by atoms with E-state index in [1.807, 2.05) is 7.05 Å². The van der Waals surface area contributed by atoms with Crippen LogP contribution in [0.5, 0.6) is 0 Å². The summed E-state index contributed by atoms with van der Waals surface area (Å²) in [4.78, 5) is 3.69. The highest BCUT2D eigenvalue weighted by Gasteiger charge is 2.24. The molecule has 0 saturated heterocycles. The highest BCUT2D eigenvalue weighted by atomic mass is 14.8. The van der Waals surface area contributed by atoms with E-state index in [-0.39, 0.29) is 0 Å². The minimum absolute atomic E-state index is 0.658. The second kappa shape index (κ2) is 4.43. The van der Waals surface area contributed by atoms with Crippen molar-refractivity contribution >= 4 is 10.9 Å². The third kappa shape index (κ3) is 1.76. The highest BCUT2D eigenvalue weighted by molar-refractivity contribution is 5.89. The van der Waals surface area contributed by atoms with Crippen LogP contribution in [0.1, 0.15) is 41.1 Å². The molecule has 0 radical (unpaired) electrons. The molecule has 2 N–H and O–H groups in total. The first kappa shape index (κ1) is 11.8. The van der Waals surface area contributed by atoms with Crippen LogP contribution >= 0.6 is 0 Å². The summed E-state index contributed by atoms with van der Waals surface area (Å²) >= 11 is 0. The molecule has 1 heterocycles. The van der Waals surface area contributed by atoms with E-state index in [4.69, 9.17) is 0 Å². The Morgan fingerprint density at radius 3 is 2.94 bits per heavy atom. The standard InChI is InChI=1S/C16H22N2/c1-10-7-11(2)15-13-6-4-5-12(9-17-3)16(13)18-14(15)8-10/h7-8,12,17-18H,4-6,9H2,1-3H3. The van der Waals surface area contributed by atoms with Crippen LogP contribution in [-0.4, -0.2) is 18.6 Å². The minimum Gasteiger partial charge on any atom is -0.358 e. The zero-order valence-electron chi connectivity index (χ0n) is 11.6.